The molecule has 1 atom stereocenters. The highest BCUT2D eigenvalue weighted by atomic mass is 32.2. The van der Waals surface area contributed by atoms with Crippen LogP contribution in [0.25, 0.3) is 0 Å². The quantitative estimate of drug-likeness (QED) is 0.0848. The Hall–Kier alpha value is -3.41. The summed E-state index contributed by atoms with van der Waals surface area (Å²) in [6.45, 7) is 4.07. The zero-order chi connectivity index (χ0) is 32.1. The van der Waals surface area contributed by atoms with E-state index < -0.39 is 22.0 Å². The van der Waals surface area contributed by atoms with E-state index in [0.29, 0.717) is 48.4 Å². The summed E-state index contributed by atoms with van der Waals surface area (Å²) in [6.07, 6.45) is 12.4. The first-order chi connectivity index (χ1) is 21.0. The van der Waals surface area contributed by atoms with Gasteiger partial charge in [-0.3, -0.25) is 24.5 Å². The van der Waals surface area contributed by atoms with E-state index >= 15 is 0 Å². The van der Waals surface area contributed by atoms with Gasteiger partial charge in [0.2, 0.25) is 27.7 Å². The van der Waals surface area contributed by atoms with Crippen LogP contribution in [-0.2, 0) is 30.8 Å². The summed E-state index contributed by atoms with van der Waals surface area (Å²) in [7, 11) is -2.20. The maximum absolute atomic E-state index is 13.7. The summed E-state index contributed by atoms with van der Waals surface area (Å²) >= 11 is 0. The lowest BCUT2D eigenvalue weighted by molar-refractivity contribution is -0.119. The molecular weight excluding hydrogens is 584 g/mol. The van der Waals surface area contributed by atoms with Gasteiger partial charge in [0.25, 0.3) is 5.91 Å². The van der Waals surface area contributed by atoms with Crippen molar-refractivity contribution in [1.29, 1.82) is 5.41 Å². The number of nitrogens with one attached hydrogen (secondary N) is 3. The fourth-order valence-electron chi connectivity index (χ4n) is 5.74. The summed E-state index contributed by atoms with van der Waals surface area (Å²) in [4.78, 5) is 40.0. The minimum Gasteiger partial charge on any atom is -0.497 e. The molecule has 1 aliphatic carbocycles. The predicted octanol–water partition coefficient (Wildman–Crippen LogP) is 4.46. The van der Waals surface area contributed by atoms with E-state index in [4.69, 9.17) is 14.9 Å². The third-order valence-corrected chi connectivity index (χ3v) is 9.70. The van der Waals surface area contributed by atoms with Crippen LogP contribution in [0, 0.1) is 11.3 Å². The normalized spacial score (nSPS) is 17.7. The molecule has 0 radical (unpaired) electrons. The summed E-state index contributed by atoms with van der Waals surface area (Å²) in [5.41, 5.74) is 1.21. The molecule has 0 bridgehead atoms. The van der Waals surface area contributed by atoms with Crippen molar-refractivity contribution in [3.63, 3.8) is 0 Å². The van der Waals surface area contributed by atoms with Crippen molar-refractivity contribution in [3.8, 4) is 5.75 Å². The summed E-state index contributed by atoms with van der Waals surface area (Å²) in [6, 6.07) is 4.32. The molecule has 44 heavy (non-hydrogen) atoms. The van der Waals surface area contributed by atoms with Gasteiger partial charge in [-0.2, -0.15) is 0 Å². The molecule has 0 aromatic heterocycles. The molecular formula is C32H48N4O7S. The van der Waals surface area contributed by atoms with Crippen molar-refractivity contribution >= 4 is 33.6 Å². The lowest BCUT2D eigenvalue weighted by atomic mass is 9.86. The maximum Gasteiger partial charge on any atom is 0.254 e. The van der Waals surface area contributed by atoms with Gasteiger partial charge in [-0.1, -0.05) is 51.0 Å². The molecule has 3 rings (SSSR count). The largest absolute Gasteiger partial charge is 0.497 e. The Morgan fingerprint density at radius 1 is 1.09 bits per heavy atom. The Bertz CT molecular complexity index is 1310. The van der Waals surface area contributed by atoms with Crippen molar-refractivity contribution in [1.82, 2.24) is 14.9 Å². The average Bonchev–Trinajstić information content (AvgIpc) is 3.52. The lowest BCUT2D eigenvalue weighted by Gasteiger charge is -2.25. The molecule has 11 nitrogen and oxygen atoms in total. The van der Waals surface area contributed by atoms with Gasteiger partial charge in [-0.15, -0.1) is 0 Å². The average molecular weight is 633 g/mol. The third kappa shape index (κ3) is 10.6. The second-order valence-electron chi connectivity index (χ2n) is 11.6. The first kappa shape index (κ1) is 35.1. The molecule has 3 amide bonds. The topological polar surface area (TPSA) is 155 Å². The molecule has 1 aromatic carbocycles. The van der Waals surface area contributed by atoms with E-state index in [-0.39, 0.29) is 36.3 Å². The number of aryl methyl sites for hydroxylation is 1. The first-order valence-corrected chi connectivity index (χ1v) is 17.4. The number of benzene rings is 1. The van der Waals surface area contributed by atoms with Crippen LogP contribution in [0.5, 0.6) is 5.75 Å². The Labute approximate surface area is 261 Å². The van der Waals surface area contributed by atoms with Gasteiger partial charge in [-0.05, 0) is 63.1 Å². The number of amides is 3. The van der Waals surface area contributed by atoms with Crippen molar-refractivity contribution < 1.29 is 32.3 Å². The van der Waals surface area contributed by atoms with Crippen LogP contribution in [0.4, 0.5) is 0 Å². The van der Waals surface area contributed by atoms with E-state index in [2.05, 4.69) is 5.32 Å². The molecule has 1 aromatic rings. The van der Waals surface area contributed by atoms with Gasteiger partial charge in [-0.25, -0.2) is 8.42 Å². The van der Waals surface area contributed by atoms with Gasteiger partial charge < -0.3 is 19.7 Å². The SMILES string of the molecule is CCS(=O)(=O)NC(=O)CCc1ccc(OC)cc1C(=O)N1CCCC1C(=N)OC=C(C)C(=O)NCCCCC1CCCCC1. The predicted molar refractivity (Wildman–Crippen MR) is 169 cm³/mol. The fraction of sp³-hybridized carbons (Fsp3) is 0.625. The number of carbonyl (C=O) groups excluding carboxylic acids is 3. The van der Waals surface area contributed by atoms with Crippen LogP contribution in [-0.4, -0.2) is 68.9 Å². The minimum absolute atomic E-state index is 0.124. The second kappa shape index (κ2) is 17.2. The standard InChI is InChI=1S/C32H48N4O7S/c1-4-44(40,41)35-29(37)18-16-25-15-17-26(42-3)21-27(25)32(39)36-20-10-14-28(36)30(33)43-22-23(2)31(38)34-19-9-8-13-24-11-6-5-7-12-24/h15,17,21-22,24,28,33H,4-14,16,18-20H2,1-3H3,(H,34,38)(H,35,37). The molecule has 3 N–H and O–H groups in total. The smallest absolute Gasteiger partial charge is 0.254 e. The Morgan fingerprint density at radius 3 is 2.55 bits per heavy atom. The first-order valence-electron chi connectivity index (χ1n) is 15.8. The zero-order valence-electron chi connectivity index (χ0n) is 26.3. The number of methoxy groups -OCH3 is 1. The van der Waals surface area contributed by atoms with Gasteiger partial charge in [0, 0.05) is 30.6 Å². The second-order valence-corrected chi connectivity index (χ2v) is 13.7. The Balaban J connectivity index is 1.56. The molecule has 2 aliphatic rings. The van der Waals surface area contributed by atoms with Crippen molar-refractivity contribution in [2.24, 2.45) is 5.92 Å². The molecule has 1 heterocycles. The van der Waals surface area contributed by atoms with Crippen LogP contribution in [0.2, 0.25) is 0 Å². The number of nitrogens with zero attached hydrogens (tertiary/aromatic N) is 1. The highest BCUT2D eigenvalue weighted by Gasteiger charge is 2.34. The number of hydrogen-bond donors (Lipinski definition) is 3. The maximum atomic E-state index is 13.7. The van der Waals surface area contributed by atoms with Gasteiger partial charge in [0.1, 0.15) is 18.1 Å². The summed E-state index contributed by atoms with van der Waals surface area (Å²) in [5.74, 6) is -0.304. The van der Waals surface area contributed by atoms with Crippen molar-refractivity contribution in [2.75, 3.05) is 26.0 Å². The zero-order valence-corrected chi connectivity index (χ0v) is 27.1. The molecule has 2 fully saturated rings. The highest BCUT2D eigenvalue weighted by Crippen LogP contribution is 2.28. The molecule has 1 saturated carbocycles. The number of hydrogen-bond acceptors (Lipinski definition) is 8. The third-order valence-electron chi connectivity index (χ3n) is 8.40. The molecule has 1 unspecified atom stereocenters. The number of likely N-dealkylation sites (tertiary alicyclic amines) is 1. The number of sulfonamides is 1. The van der Waals surface area contributed by atoms with Gasteiger partial charge in [0.05, 0.1) is 12.9 Å². The number of rotatable bonds is 15. The van der Waals surface area contributed by atoms with E-state index in [0.717, 1.165) is 18.8 Å². The molecule has 1 aliphatic heterocycles. The monoisotopic (exact) mass is 632 g/mol. The molecule has 12 heteroatoms. The van der Waals surface area contributed by atoms with E-state index in [1.165, 1.54) is 58.8 Å². The van der Waals surface area contributed by atoms with Crippen molar-refractivity contribution in [2.45, 2.75) is 96.9 Å². The van der Waals surface area contributed by atoms with Gasteiger partial charge >= 0.3 is 0 Å². The van der Waals surface area contributed by atoms with E-state index in [1.54, 1.807) is 30.0 Å². The summed E-state index contributed by atoms with van der Waals surface area (Å²) in [5, 5.41) is 11.5. The summed E-state index contributed by atoms with van der Waals surface area (Å²) < 4.78 is 36.4. The molecule has 0 spiro atoms. The van der Waals surface area contributed by atoms with Crippen LogP contribution in [0.3, 0.4) is 0 Å². The van der Waals surface area contributed by atoms with Crippen LogP contribution in [0.1, 0.15) is 100 Å². The van der Waals surface area contributed by atoms with E-state index in [9.17, 15) is 22.8 Å². The Morgan fingerprint density at radius 2 is 1.84 bits per heavy atom. The number of carbonyl (C=O) groups is 3. The van der Waals surface area contributed by atoms with E-state index in [1.807, 2.05) is 4.72 Å². The minimum atomic E-state index is -3.68. The lowest BCUT2D eigenvalue weighted by Crippen LogP contribution is -2.41. The van der Waals surface area contributed by atoms with Crippen LogP contribution in [0.15, 0.2) is 30.0 Å². The van der Waals surface area contributed by atoms with Gasteiger partial charge in [0.15, 0.2) is 0 Å². The highest BCUT2D eigenvalue weighted by molar-refractivity contribution is 7.90. The fourth-order valence-corrected chi connectivity index (χ4v) is 6.33. The number of unbranched alkanes of at least 4 members (excludes halogenated alkanes) is 1. The van der Waals surface area contributed by atoms with Crippen molar-refractivity contribution in [3.05, 3.63) is 41.2 Å². The number of ether oxygens (including phenoxy) is 2. The Kier molecular flexibility index (Phi) is 13.7. The van der Waals surface area contributed by atoms with Crippen LogP contribution >= 0.6 is 0 Å². The molecule has 244 valence electrons. The molecule has 1 saturated heterocycles. The van der Waals surface area contributed by atoms with Crippen LogP contribution < -0.4 is 14.8 Å².